The maximum absolute atomic E-state index is 14.7. The molecule has 5 heteroatoms. The summed E-state index contributed by atoms with van der Waals surface area (Å²) >= 11 is 0. The van der Waals surface area contributed by atoms with Crippen LogP contribution in [-0.2, 0) is 26.8 Å². The van der Waals surface area contributed by atoms with E-state index in [1.807, 2.05) is 37.3 Å². The minimum absolute atomic E-state index is 0.278. The molecule has 0 fully saturated rings. The van der Waals surface area contributed by atoms with Crippen molar-refractivity contribution in [3.05, 3.63) is 119 Å². The summed E-state index contributed by atoms with van der Waals surface area (Å²) in [5, 5.41) is 0. The van der Waals surface area contributed by atoms with Crippen LogP contribution in [0.3, 0.4) is 0 Å². The molecule has 0 bridgehead atoms. The number of fused-ring (bicyclic) bond motifs is 6. The molecule has 1 atom stereocenters. The van der Waals surface area contributed by atoms with E-state index in [0.29, 0.717) is 28.7 Å². The van der Waals surface area contributed by atoms with Gasteiger partial charge in [-0.25, -0.2) is 4.79 Å². The number of carbonyl (C=O) groups is 1. The summed E-state index contributed by atoms with van der Waals surface area (Å²) in [5.74, 6) is -0.437. The Kier molecular flexibility index (Phi) is 6.07. The van der Waals surface area contributed by atoms with E-state index in [2.05, 4.69) is 50.8 Å². The topological polar surface area (TPSA) is 26.3 Å². The highest BCUT2D eigenvalue weighted by molar-refractivity contribution is 5.87. The van der Waals surface area contributed by atoms with E-state index in [0.717, 1.165) is 45.0 Å². The number of carbonyl (C=O) groups excluding carboxylic acids is 1. The zero-order valence-electron chi connectivity index (χ0n) is 23.6. The van der Waals surface area contributed by atoms with Crippen molar-refractivity contribution in [2.45, 2.75) is 51.1 Å². The third kappa shape index (κ3) is 4.05. The van der Waals surface area contributed by atoms with Crippen LogP contribution in [0.15, 0.2) is 85.5 Å². The lowest BCUT2D eigenvalue weighted by Gasteiger charge is -2.30. The SMILES string of the molecule is C=CC(=O)OCCc1ccc2c(c1)C(C)(C)c1cc(-c3ccc4c(c3)C(C)(C(F)(F)F)c3cc(C)ccc3-4)ccc1-2. The second-order valence-electron chi connectivity index (χ2n) is 11.8. The molecule has 2 aliphatic carbocycles. The minimum Gasteiger partial charge on any atom is -0.462 e. The Hall–Kier alpha value is -4.12. The molecule has 6 rings (SSSR count). The molecule has 0 saturated carbocycles. The van der Waals surface area contributed by atoms with Gasteiger partial charge in [-0.2, -0.15) is 13.2 Å². The van der Waals surface area contributed by atoms with Gasteiger partial charge in [0, 0.05) is 17.9 Å². The van der Waals surface area contributed by atoms with Crippen molar-refractivity contribution < 1.29 is 22.7 Å². The van der Waals surface area contributed by atoms with Gasteiger partial charge < -0.3 is 4.74 Å². The van der Waals surface area contributed by atoms with E-state index in [-0.39, 0.29) is 12.0 Å². The smallest absolute Gasteiger partial charge is 0.402 e. The van der Waals surface area contributed by atoms with Gasteiger partial charge in [0.25, 0.3) is 0 Å². The first-order valence-electron chi connectivity index (χ1n) is 13.8. The first kappa shape index (κ1) is 27.1. The van der Waals surface area contributed by atoms with Crippen LogP contribution in [0.1, 0.15) is 54.2 Å². The van der Waals surface area contributed by atoms with Crippen LogP contribution in [-0.4, -0.2) is 18.8 Å². The number of halogens is 3. The molecule has 4 aromatic carbocycles. The Morgan fingerprint density at radius 1 is 0.780 bits per heavy atom. The predicted molar refractivity (Wildman–Crippen MR) is 157 cm³/mol. The summed E-state index contributed by atoms with van der Waals surface area (Å²) in [6.07, 6.45) is -2.69. The summed E-state index contributed by atoms with van der Waals surface area (Å²) in [6, 6.07) is 23.4. The summed E-state index contributed by atoms with van der Waals surface area (Å²) in [4.78, 5) is 11.4. The van der Waals surface area contributed by atoms with E-state index in [1.165, 1.54) is 12.5 Å². The van der Waals surface area contributed by atoms with Gasteiger partial charge in [-0.05, 0) is 87.2 Å². The molecule has 0 heterocycles. The minimum atomic E-state index is -4.44. The van der Waals surface area contributed by atoms with Gasteiger partial charge in [-0.1, -0.05) is 86.7 Å². The highest BCUT2D eigenvalue weighted by Gasteiger charge is 2.58. The number of hydrogen-bond donors (Lipinski definition) is 0. The van der Waals surface area contributed by atoms with Crippen LogP contribution in [0, 0.1) is 6.92 Å². The Balaban J connectivity index is 1.39. The highest BCUT2D eigenvalue weighted by Crippen LogP contribution is 2.57. The van der Waals surface area contributed by atoms with Crippen LogP contribution in [0.2, 0.25) is 0 Å². The van der Waals surface area contributed by atoms with Crippen LogP contribution < -0.4 is 0 Å². The van der Waals surface area contributed by atoms with Crippen molar-refractivity contribution in [1.82, 2.24) is 0 Å². The fraction of sp³-hybridized carbons (Fsp3) is 0.250. The maximum atomic E-state index is 14.7. The van der Waals surface area contributed by atoms with E-state index in [4.69, 9.17) is 4.74 Å². The van der Waals surface area contributed by atoms with Gasteiger partial charge in [0.1, 0.15) is 5.41 Å². The summed E-state index contributed by atoms with van der Waals surface area (Å²) < 4.78 is 49.4. The number of rotatable bonds is 5. The summed E-state index contributed by atoms with van der Waals surface area (Å²) in [6.45, 7) is 11.2. The first-order chi connectivity index (χ1) is 19.4. The molecule has 0 aliphatic heterocycles. The van der Waals surface area contributed by atoms with Gasteiger partial charge in [0.15, 0.2) is 0 Å². The zero-order chi connectivity index (χ0) is 29.3. The standard InChI is InChI=1S/C36H31F3O2/c1-6-33(40)41-16-15-22-8-12-25-26-13-9-23(19-30(26)34(3,4)29(25)18-22)24-10-14-28-27-11-7-21(2)17-31(27)35(5,32(28)20-24)36(37,38)39/h6-14,17-20H,1,15-16H2,2-5H3. The molecule has 208 valence electrons. The van der Waals surface area contributed by atoms with Gasteiger partial charge >= 0.3 is 12.1 Å². The van der Waals surface area contributed by atoms with Crippen molar-refractivity contribution in [2.75, 3.05) is 6.61 Å². The highest BCUT2D eigenvalue weighted by atomic mass is 19.4. The fourth-order valence-electron chi connectivity index (χ4n) is 6.58. The summed E-state index contributed by atoms with van der Waals surface area (Å²) in [5.41, 5.74) is 7.66. The molecule has 0 amide bonds. The predicted octanol–water partition coefficient (Wildman–Crippen LogP) is 9.09. The zero-order valence-corrected chi connectivity index (χ0v) is 23.6. The first-order valence-corrected chi connectivity index (χ1v) is 13.8. The molecular formula is C36H31F3O2. The second-order valence-corrected chi connectivity index (χ2v) is 11.8. The average molecular weight is 553 g/mol. The number of ether oxygens (including phenoxy) is 1. The van der Waals surface area contributed by atoms with Crippen molar-refractivity contribution in [3.63, 3.8) is 0 Å². The molecule has 2 nitrogen and oxygen atoms in total. The molecule has 0 aromatic heterocycles. The molecule has 4 aromatic rings. The van der Waals surface area contributed by atoms with E-state index < -0.39 is 17.6 Å². The monoisotopic (exact) mass is 552 g/mol. The second kappa shape index (κ2) is 9.20. The van der Waals surface area contributed by atoms with Crippen LogP contribution in [0.4, 0.5) is 13.2 Å². The normalized spacial score (nSPS) is 17.8. The van der Waals surface area contributed by atoms with Crippen LogP contribution in [0.25, 0.3) is 33.4 Å². The Labute approximate surface area is 238 Å². The maximum Gasteiger partial charge on any atom is 0.402 e. The lowest BCUT2D eigenvalue weighted by molar-refractivity contribution is -0.172. The Morgan fingerprint density at radius 2 is 1.29 bits per heavy atom. The average Bonchev–Trinajstić information content (AvgIpc) is 3.33. The van der Waals surface area contributed by atoms with Gasteiger partial charge in [0.05, 0.1) is 6.61 Å². The van der Waals surface area contributed by atoms with Gasteiger partial charge in [-0.3, -0.25) is 0 Å². The Bertz CT molecular complexity index is 1740. The van der Waals surface area contributed by atoms with Crippen molar-refractivity contribution in [1.29, 1.82) is 0 Å². The number of alkyl halides is 3. The quantitative estimate of drug-likeness (QED) is 0.182. The summed E-state index contributed by atoms with van der Waals surface area (Å²) in [7, 11) is 0. The van der Waals surface area contributed by atoms with Crippen LogP contribution >= 0.6 is 0 Å². The number of aryl methyl sites for hydroxylation is 1. The molecule has 0 N–H and O–H groups in total. The molecule has 2 aliphatic rings. The fourth-order valence-corrected chi connectivity index (χ4v) is 6.58. The molecule has 0 spiro atoms. The lowest BCUT2D eigenvalue weighted by Crippen LogP contribution is -2.38. The van der Waals surface area contributed by atoms with E-state index in [1.54, 1.807) is 12.1 Å². The number of benzene rings is 4. The number of hydrogen-bond acceptors (Lipinski definition) is 2. The van der Waals surface area contributed by atoms with Gasteiger partial charge in [-0.15, -0.1) is 0 Å². The largest absolute Gasteiger partial charge is 0.462 e. The van der Waals surface area contributed by atoms with E-state index >= 15 is 0 Å². The van der Waals surface area contributed by atoms with Crippen molar-refractivity contribution in [3.8, 4) is 33.4 Å². The van der Waals surface area contributed by atoms with Gasteiger partial charge in [0.2, 0.25) is 0 Å². The van der Waals surface area contributed by atoms with Crippen molar-refractivity contribution in [2.24, 2.45) is 0 Å². The molecule has 0 saturated heterocycles. The van der Waals surface area contributed by atoms with Crippen LogP contribution in [0.5, 0.6) is 0 Å². The lowest BCUT2D eigenvalue weighted by atomic mass is 9.78. The van der Waals surface area contributed by atoms with E-state index in [9.17, 15) is 18.0 Å². The number of esters is 1. The third-order valence-electron chi connectivity index (χ3n) is 9.00. The molecule has 1 unspecified atom stereocenters. The van der Waals surface area contributed by atoms with Crippen molar-refractivity contribution >= 4 is 5.97 Å². The third-order valence-corrected chi connectivity index (χ3v) is 9.00. The Morgan fingerprint density at radius 3 is 1.90 bits per heavy atom. The molecular weight excluding hydrogens is 521 g/mol. The molecule has 0 radical (unpaired) electrons. The molecule has 41 heavy (non-hydrogen) atoms.